The van der Waals surface area contributed by atoms with Crippen LogP contribution in [0, 0.1) is 0 Å². The van der Waals surface area contributed by atoms with E-state index in [1.54, 1.807) is 36.4 Å². The molecular weight excluding hydrogens is 437 g/mol. The first-order valence-electron chi connectivity index (χ1n) is 10.3. The summed E-state index contributed by atoms with van der Waals surface area (Å²) in [5.74, 6) is 0.715. The SMILES string of the molecule is C[C@H]1CN(Cc2ccccc2OC(F)(F)F)CCN1c1nc(N)nc(-c2cccc(O)c2)n1. The fourth-order valence-electron chi connectivity index (χ4n) is 3.86. The Kier molecular flexibility index (Phi) is 6.23. The van der Waals surface area contributed by atoms with Crippen LogP contribution in [-0.4, -0.2) is 57.0 Å². The molecule has 0 bridgehead atoms. The number of piperazine rings is 1. The van der Waals surface area contributed by atoms with Gasteiger partial charge in [0, 0.05) is 43.3 Å². The molecule has 1 aliphatic heterocycles. The van der Waals surface area contributed by atoms with Crippen LogP contribution < -0.4 is 15.4 Å². The Hall–Kier alpha value is -3.60. The van der Waals surface area contributed by atoms with Crippen molar-refractivity contribution in [2.45, 2.75) is 25.9 Å². The van der Waals surface area contributed by atoms with Crippen molar-refractivity contribution in [2.75, 3.05) is 30.3 Å². The summed E-state index contributed by atoms with van der Waals surface area (Å²) in [5.41, 5.74) is 6.99. The minimum atomic E-state index is -4.74. The monoisotopic (exact) mass is 460 g/mol. The van der Waals surface area contributed by atoms with E-state index in [1.165, 1.54) is 12.1 Å². The van der Waals surface area contributed by atoms with Gasteiger partial charge in [-0.05, 0) is 25.1 Å². The fraction of sp³-hybridized carbons (Fsp3) is 0.318. The van der Waals surface area contributed by atoms with E-state index >= 15 is 0 Å². The average molecular weight is 460 g/mol. The Labute approximate surface area is 188 Å². The van der Waals surface area contributed by atoms with Gasteiger partial charge >= 0.3 is 6.36 Å². The van der Waals surface area contributed by atoms with Gasteiger partial charge in [0.1, 0.15) is 11.5 Å². The largest absolute Gasteiger partial charge is 0.573 e. The number of phenolic OH excluding ortho intramolecular Hbond substituents is 1. The van der Waals surface area contributed by atoms with Gasteiger partial charge in [0.15, 0.2) is 5.82 Å². The van der Waals surface area contributed by atoms with Crippen LogP contribution in [0.3, 0.4) is 0 Å². The predicted octanol–water partition coefficient (Wildman–Crippen LogP) is 3.44. The van der Waals surface area contributed by atoms with Gasteiger partial charge in [-0.1, -0.05) is 30.3 Å². The van der Waals surface area contributed by atoms with Crippen molar-refractivity contribution >= 4 is 11.9 Å². The maximum absolute atomic E-state index is 12.7. The van der Waals surface area contributed by atoms with Crippen molar-refractivity contribution in [2.24, 2.45) is 0 Å². The minimum Gasteiger partial charge on any atom is -0.508 e. The van der Waals surface area contributed by atoms with Gasteiger partial charge in [-0.15, -0.1) is 13.2 Å². The van der Waals surface area contributed by atoms with Gasteiger partial charge in [-0.3, -0.25) is 4.90 Å². The van der Waals surface area contributed by atoms with Crippen molar-refractivity contribution in [1.82, 2.24) is 19.9 Å². The first-order valence-corrected chi connectivity index (χ1v) is 10.3. The molecule has 0 saturated carbocycles. The van der Waals surface area contributed by atoms with E-state index in [1.807, 2.05) is 11.8 Å². The lowest BCUT2D eigenvalue weighted by Crippen LogP contribution is -2.52. The molecular formula is C22H23F3N6O2. The molecule has 0 aliphatic carbocycles. The second kappa shape index (κ2) is 9.10. The predicted molar refractivity (Wildman–Crippen MR) is 117 cm³/mol. The van der Waals surface area contributed by atoms with Crippen LogP contribution in [0.5, 0.6) is 11.5 Å². The number of phenols is 1. The molecule has 1 atom stereocenters. The number of nitrogens with two attached hydrogens (primary N) is 1. The van der Waals surface area contributed by atoms with Crippen LogP contribution in [0.2, 0.25) is 0 Å². The number of ether oxygens (including phenoxy) is 1. The summed E-state index contributed by atoms with van der Waals surface area (Å²) >= 11 is 0. The molecule has 174 valence electrons. The van der Waals surface area contributed by atoms with Gasteiger partial charge in [0.2, 0.25) is 11.9 Å². The Morgan fingerprint density at radius 1 is 1.09 bits per heavy atom. The van der Waals surface area contributed by atoms with Crippen LogP contribution in [0.15, 0.2) is 48.5 Å². The second-order valence-corrected chi connectivity index (χ2v) is 7.80. The number of rotatable bonds is 5. The number of halogens is 3. The summed E-state index contributed by atoms with van der Waals surface area (Å²) in [6, 6.07) is 12.7. The lowest BCUT2D eigenvalue weighted by atomic mass is 10.1. The summed E-state index contributed by atoms with van der Waals surface area (Å²) in [5, 5.41) is 9.75. The molecule has 3 aromatic rings. The summed E-state index contributed by atoms with van der Waals surface area (Å²) in [7, 11) is 0. The van der Waals surface area contributed by atoms with E-state index in [9.17, 15) is 18.3 Å². The third-order valence-corrected chi connectivity index (χ3v) is 5.31. The molecule has 3 N–H and O–H groups in total. The Bertz CT molecular complexity index is 1130. The maximum Gasteiger partial charge on any atom is 0.573 e. The number of hydrogen-bond acceptors (Lipinski definition) is 8. The number of benzene rings is 2. The Balaban J connectivity index is 1.49. The number of anilines is 2. The van der Waals surface area contributed by atoms with Crippen molar-refractivity contribution in [3.8, 4) is 22.9 Å². The van der Waals surface area contributed by atoms with E-state index in [4.69, 9.17) is 5.73 Å². The van der Waals surface area contributed by atoms with Gasteiger partial charge in [-0.2, -0.15) is 15.0 Å². The molecule has 2 heterocycles. The summed E-state index contributed by atoms with van der Waals surface area (Å²) < 4.78 is 42.3. The fourth-order valence-corrected chi connectivity index (χ4v) is 3.86. The summed E-state index contributed by atoms with van der Waals surface area (Å²) in [4.78, 5) is 17.0. The van der Waals surface area contributed by atoms with E-state index in [0.717, 1.165) is 0 Å². The number of aromatic hydroxyl groups is 1. The molecule has 1 aliphatic rings. The number of aromatic nitrogens is 3. The minimum absolute atomic E-state index is 0.0340. The number of para-hydroxylation sites is 1. The Morgan fingerprint density at radius 2 is 1.88 bits per heavy atom. The maximum atomic E-state index is 12.7. The molecule has 0 spiro atoms. The molecule has 0 unspecified atom stereocenters. The van der Waals surface area contributed by atoms with Crippen LogP contribution in [0.4, 0.5) is 25.1 Å². The molecule has 1 fully saturated rings. The van der Waals surface area contributed by atoms with E-state index in [2.05, 4.69) is 24.6 Å². The highest BCUT2D eigenvalue weighted by molar-refractivity contribution is 5.60. The van der Waals surface area contributed by atoms with Crippen molar-refractivity contribution in [1.29, 1.82) is 0 Å². The van der Waals surface area contributed by atoms with Crippen LogP contribution in [0.25, 0.3) is 11.4 Å². The van der Waals surface area contributed by atoms with Crippen molar-refractivity contribution in [3.63, 3.8) is 0 Å². The van der Waals surface area contributed by atoms with Gasteiger partial charge in [-0.25, -0.2) is 0 Å². The zero-order chi connectivity index (χ0) is 23.6. The second-order valence-electron chi connectivity index (χ2n) is 7.80. The highest BCUT2D eigenvalue weighted by atomic mass is 19.4. The molecule has 4 rings (SSSR count). The molecule has 0 radical (unpaired) electrons. The van der Waals surface area contributed by atoms with Gasteiger partial charge < -0.3 is 20.5 Å². The van der Waals surface area contributed by atoms with Crippen LogP contribution in [-0.2, 0) is 6.54 Å². The molecule has 1 aromatic heterocycles. The lowest BCUT2D eigenvalue weighted by Gasteiger charge is -2.40. The standard InChI is InChI=1S/C22H23F3N6O2/c1-14-12-30(13-16-5-2-3-8-18(16)33-22(23,24)25)9-10-31(14)21-28-19(27-20(26)29-21)15-6-4-7-17(32)11-15/h2-8,11,14,32H,9-10,12-13H2,1H3,(H2,26,27,28,29)/t14-/m0/s1. The molecule has 2 aromatic carbocycles. The normalized spacial score (nSPS) is 17.2. The smallest absolute Gasteiger partial charge is 0.508 e. The van der Waals surface area contributed by atoms with Crippen molar-refractivity contribution < 1.29 is 23.0 Å². The topological polar surface area (TPSA) is 101 Å². The van der Waals surface area contributed by atoms with Crippen LogP contribution >= 0.6 is 0 Å². The number of nitrogen functional groups attached to an aromatic ring is 1. The van der Waals surface area contributed by atoms with E-state index < -0.39 is 6.36 Å². The molecule has 8 nitrogen and oxygen atoms in total. The summed E-state index contributed by atoms with van der Waals surface area (Å²) in [6.45, 7) is 4.01. The van der Waals surface area contributed by atoms with Gasteiger partial charge in [0.05, 0.1) is 0 Å². The van der Waals surface area contributed by atoms with Crippen LogP contribution in [0.1, 0.15) is 12.5 Å². The Morgan fingerprint density at radius 3 is 2.61 bits per heavy atom. The molecule has 0 amide bonds. The number of hydrogen-bond donors (Lipinski definition) is 2. The quantitative estimate of drug-likeness (QED) is 0.597. The molecule has 1 saturated heterocycles. The first-order chi connectivity index (χ1) is 15.7. The summed E-state index contributed by atoms with van der Waals surface area (Å²) in [6.07, 6.45) is -4.74. The van der Waals surface area contributed by atoms with E-state index in [0.29, 0.717) is 49.1 Å². The zero-order valence-corrected chi connectivity index (χ0v) is 17.8. The number of alkyl halides is 3. The van der Waals surface area contributed by atoms with Gasteiger partial charge in [0.25, 0.3) is 0 Å². The third-order valence-electron chi connectivity index (χ3n) is 5.31. The highest BCUT2D eigenvalue weighted by Gasteiger charge is 2.33. The van der Waals surface area contributed by atoms with E-state index in [-0.39, 0.29) is 23.5 Å². The third kappa shape index (κ3) is 5.61. The molecule has 33 heavy (non-hydrogen) atoms. The molecule has 11 heteroatoms. The average Bonchev–Trinajstić information content (AvgIpc) is 2.74. The van der Waals surface area contributed by atoms with Crippen molar-refractivity contribution in [3.05, 3.63) is 54.1 Å². The first kappa shape index (κ1) is 22.6. The zero-order valence-electron chi connectivity index (χ0n) is 17.8. The lowest BCUT2D eigenvalue weighted by molar-refractivity contribution is -0.275. The highest BCUT2D eigenvalue weighted by Crippen LogP contribution is 2.29. The number of nitrogens with zero attached hydrogens (tertiary/aromatic N) is 5.